The lowest BCUT2D eigenvalue weighted by Gasteiger charge is -2.28. The van der Waals surface area contributed by atoms with Crippen molar-refractivity contribution in [2.24, 2.45) is 5.92 Å². The highest BCUT2D eigenvalue weighted by atomic mass is 16.1. The van der Waals surface area contributed by atoms with Crippen molar-refractivity contribution in [1.29, 1.82) is 0 Å². The maximum Gasteiger partial charge on any atom is 0.224 e. The van der Waals surface area contributed by atoms with Crippen LogP contribution in [0.5, 0.6) is 0 Å². The summed E-state index contributed by atoms with van der Waals surface area (Å²) in [4.78, 5) is 11.8. The minimum Gasteiger partial charge on any atom is -0.355 e. The van der Waals surface area contributed by atoms with Crippen molar-refractivity contribution in [3.05, 3.63) is 0 Å². The van der Waals surface area contributed by atoms with Crippen LogP contribution < -0.4 is 16.0 Å². The molecule has 3 N–H and O–H groups in total. The van der Waals surface area contributed by atoms with Gasteiger partial charge in [0.15, 0.2) is 0 Å². The lowest BCUT2D eigenvalue weighted by Crippen LogP contribution is -2.47. The number of hydrogen-bond donors (Lipinski definition) is 3. The topological polar surface area (TPSA) is 53.2 Å². The molecule has 0 bridgehead atoms. The molecule has 1 aliphatic heterocycles. The maximum atomic E-state index is 11.8. The van der Waals surface area contributed by atoms with Gasteiger partial charge in [0.05, 0.1) is 5.92 Å². The van der Waals surface area contributed by atoms with E-state index in [-0.39, 0.29) is 11.8 Å². The molecule has 0 radical (unpaired) electrons. The van der Waals surface area contributed by atoms with Crippen LogP contribution in [0.25, 0.3) is 0 Å². The van der Waals surface area contributed by atoms with Crippen LogP contribution in [0, 0.1) is 5.92 Å². The Labute approximate surface area is 92.2 Å². The predicted molar refractivity (Wildman–Crippen MR) is 61.7 cm³/mol. The van der Waals surface area contributed by atoms with Crippen LogP contribution in [0.3, 0.4) is 0 Å². The molecule has 1 aliphatic rings. The highest BCUT2D eigenvalue weighted by Crippen LogP contribution is 2.15. The molecule has 88 valence electrons. The van der Waals surface area contributed by atoms with Crippen LogP contribution in [0.1, 0.15) is 26.7 Å². The van der Waals surface area contributed by atoms with Crippen molar-refractivity contribution in [3.8, 4) is 0 Å². The summed E-state index contributed by atoms with van der Waals surface area (Å²) in [5.41, 5.74) is 0. The van der Waals surface area contributed by atoms with Crippen LogP contribution in [0.4, 0.5) is 0 Å². The lowest BCUT2D eigenvalue weighted by molar-refractivity contribution is -0.126. The summed E-state index contributed by atoms with van der Waals surface area (Å²) in [5.74, 6) is 0.355. The van der Waals surface area contributed by atoms with Crippen LogP contribution in [-0.2, 0) is 4.79 Å². The van der Waals surface area contributed by atoms with Crippen molar-refractivity contribution in [1.82, 2.24) is 16.0 Å². The molecule has 0 spiro atoms. The molecule has 15 heavy (non-hydrogen) atoms. The SMILES string of the molecule is CCNCCNC(=O)[C@@H]1CCCN[C@@H]1C. The molecule has 0 unspecified atom stereocenters. The smallest absolute Gasteiger partial charge is 0.224 e. The van der Waals surface area contributed by atoms with Crippen LogP contribution in [0.2, 0.25) is 0 Å². The van der Waals surface area contributed by atoms with E-state index >= 15 is 0 Å². The quantitative estimate of drug-likeness (QED) is 0.568. The van der Waals surface area contributed by atoms with Gasteiger partial charge >= 0.3 is 0 Å². The fourth-order valence-electron chi connectivity index (χ4n) is 1.98. The molecular formula is C11H23N3O. The normalized spacial score (nSPS) is 26.3. The van der Waals surface area contributed by atoms with Crippen molar-refractivity contribution in [3.63, 3.8) is 0 Å². The van der Waals surface area contributed by atoms with E-state index in [9.17, 15) is 4.79 Å². The summed E-state index contributed by atoms with van der Waals surface area (Å²) in [6.45, 7) is 7.74. The fourth-order valence-corrected chi connectivity index (χ4v) is 1.98. The van der Waals surface area contributed by atoms with Crippen molar-refractivity contribution < 1.29 is 4.79 Å². The van der Waals surface area contributed by atoms with Gasteiger partial charge < -0.3 is 16.0 Å². The first-order valence-electron chi connectivity index (χ1n) is 5.97. The molecule has 1 amide bonds. The van der Waals surface area contributed by atoms with Crippen LogP contribution in [-0.4, -0.2) is 38.1 Å². The van der Waals surface area contributed by atoms with Gasteiger partial charge in [0.25, 0.3) is 0 Å². The molecule has 2 atom stereocenters. The standard InChI is InChI=1S/C11H23N3O/c1-3-12-7-8-14-11(15)10-5-4-6-13-9(10)2/h9-10,12-13H,3-8H2,1-2H3,(H,14,15)/t9-,10-/m1/s1. The first-order valence-corrected chi connectivity index (χ1v) is 5.97. The number of nitrogens with one attached hydrogen (secondary N) is 3. The first-order chi connectivity index (χ1) is 7.25. The number of carbonyl (C=O) groups is 1. The molecule has 1 rings (SSSR count). The number of piperidine rings is 1. The third-order valence-electron chi connectivity index (χ3n) is 2.95. The molecule has 4 nitrogen and oxygen atoms in total. The summed E-state index contributed by atoms with van der Waals surface area (Å²) in [7, 11) is 0. The predicted octanol–water partition coefficient (Wildman–Crippen LogP) is 0.100. The Bertz CT molecular complexity index is 196. The largest absolute Gasteiger partial charge is 0.355 e. The summed E-state index contributed by atoms with van der Waals surface area (Å²) in [5, 5.41) is 9.50. The Morgan fingerprint density at radius 3 is 2.93 bits per heavy atom. The molecule has 0 aromatic heterocycles. The van der Waals surface area contributed by atoms with Gasteiger partial charge in [0.2, 0.25) is 5.91 Å². The van der Waals surface area contributed by atoms with Crippen molar-refractivity contribution >= 4 is 5.91 Å². The second-order valence-corrected chi connectivity index (χ2v) is 4.14. The third kappa shape index (κ3) is 4.18. The van der Waals surface area contributed by atoms with E-state index in [0.717, 1.165) is 39.0 Å². The zero-order valence-electron chi connectivity index (χ0n) is 9.81. The van der Waals surface area contributed by atoms with Gasteiger partial charge in [-0.3, -0.25) is 4.79 Å². The minimum atomic E-state index is 0.153. The first kappa shape index (κ1) is 12.5. The van der Waals surface area contributed by atoms with E-state index in [2.05, 4.69) is 29.8 Å². The Morgan fingerprint density at radius 1 is 1.47 bits per heavy atom. The van der Waals surface area contributed by atoms with E-state index in [4.69, 9.17) is 0 Å². The average molecular weight is 213 g/mol. The molecule has 0 aromatic rings. The van der Waals surface area contributed by atoms with Crippen molar-refractivity contribution in [2.45, 2.75) is 32.7 Å². The summed E-state index contributed by atoms with van der Waals surface area (Å²) in [6, 6.07) is 0.317. The number of carbonyl (C=O) groups excluding carboxylic acids is 1. The number of amides is 1. The summed E-state index contributed by atoms with van der Waals surface area (Å²) in [6.07, 6.45) is 2.12. The third-order valence-corrected chi connectivity index (χ3v) is 2.95. The Kier molecular flexibility index (Phi) is 5.65. The Hall–Kier alpha value is -0.610. The van der Waals surface area contributed by atoms with Gasteiger partial charge in [0, 0.05) is 19.1 Å². The van der Waals surface area contributed by atoms with Gasteiger partial charge in [-0.15, -0.1) is 0 Å². The molecular weight excluding hydrogens is 190 g/mol. The second kappa shape index (κ2) is 6.80. The summed E-state index contributed by atoms with van der Waals surface area (Å²) >= 11 is 0. The maximum absolute atomic E-state index is 11.8. The van der Waals surface area contributed by atoms with Gasteiger partial charge in [-0.25, -0.2) is 0 Å². The second-order valence-electron chi connectivity index (χ2n) is 4.14. The highest BCUT2D eigenvalue weighted by molar-refractivity contribution is 5.79. The van der Waals surface area contributed by atoms with Crippen LogP contribution >= 0.6 is 0 Å². The van der Waals surface area contributed by atoms with E-state index < -0.39 is 0 Å². The van der Waals surface area contributed by atoms with Gasteiger partial charge in [0.1, 0.15) is 0 Å². The zero-order valence-corrected chi connectivity index (χ0v) is 9.81. The minimum absolute atomic E-state index is 0.153. The zero-order chi connectivity index (χ0) is 11.1. The van der Waals surface area contributed by atoms with Crippen LogP contribution in [0.15, 0.2) is 0 Å². The average Bonchev–Trinajstić information content (AvgIpc) is 2.25. The molecule has 0 saturated carbocycles. The molecule has 0 aliphatic carbocycles. The molecule has 1 fully saturated rings. The van der Waals surface area contributed by atoms with E-state index in [0.29, 0.717) is 6.04 Å². The van der Waals surface area contributed by atoms with Gasteiger partial charge in [-0.2, -0.15) is 0 Å². The number of likely N-dealkylation sites (N-methyl/N-ethyl adjacent to an activating group) is 1. The van der Waals surface area contributed by atoms with Gasteiger partial charge in [-0.05, 0) is 32.9 Å². The molecule has 4 heteroatoms. The lowest BCUT2D eigenvalue weighted by atomic mass is 9.91. The monoisotopic (exact) mass is 213 g/mol. The van der Waals surface area contributed by atoms with E-state index in [1.807, 2.05) is 0 Å². The Balaban J connectivity index is 2.20. The van der Waals surface area contributed by atoms with E-state index in [1.165, 1.54) is 0 Å². The van der Waals surface area contributed by atoms with Crippen molar-refractivity contribution in [2.75, 3.05) is 26.2 Å². The summed E-state index contributed by atoms with van der Waals surface area (Å²) < 4.78 is 0. The highest BCUT2D eigenvalue weighted by Gasteiger charge is 2.26. The number of hydrogen-bond acceptors (Lipinski definition) is 3. The van der Waals surface area contributed by atoms with E-state index in [1.54, 1.807) is 0 Å². The fraction of sp³-hybridized carbons (Fsp3) is 0.909. The molecule has 1 saturated heterocycles. The van der Waals surface area contributed by atoms with Gasteiger partial charge in [-0.1, -0.05) is 6.92 Å². The Morgan fingerprint density at radius 2 is 2.27 bits per heavy atom. The number of rotatable bonds is 5. The molecule has 1 heterocycles. The molecule has 0 aromatic carbocycles.